The van der Waals surface area contributed by atoms with Gasteiger partial charge in [0.25, 0.3) is 0 Å². The molecule has 9 nitrogen and oxygen atoms in total. The van der Waals surface area contributed by atoms with Gasteiger partial charge in [-0.05, 0) is 96.8 Å². The zero-order valence-electron chi connectivity index (χ0n) is 24.3. The molecule has 0 aliphatic heterocycles. The molecule has 1 atom stereocenters. The lowest BCUT2D eigenvalue weighted by atomic mass is 9.98. The number of carbonyl (C=O) groups excluding carboxylic acids is 2. The number of carbonyl (C=O) groups is 2. The van der Waals surface area contributed by atoms with E-state index in [0.717, 1.165) is 33.2 Å². The molecule has 0 spiro atoms. The molecule has 3 heterocycles. The number of amides is 1. The van der Waals surface area contributed by atoms with E-state index in [1.54, 1.807) is 62.1 Å². The minimum absolute atomic E-state index is 0.00159. The van der Waals surface area contributed by atoms with Gasteiger partial charge in [0.05, 0.1) is 17.5 Å². The Hall–Kier alpha value is -5.22. The maximum absolute atomic E-state index is 13.3. The number of methoxy groups -OCH3 is 1. The van der Waals surface area contributed by atoms with Crippen LogP contribution in [0, 0.1) is 0 Å². The molecule has 0 radical (unpaired) electrons. The van der Waals surface area contributed by atoms with Crippen molar-refractivity contribution >= 4 is 45.0 Å². The van der Waals surface area contributed by atoms with Crippen molar-refractivity contribution in [2.24, 2.45) is 0 Å². The number of anilines is 2. The fourth-order valence-corrected chi connectivity index (χ4v) is 5.54. The number of pyridine rings is 3. The summed E-state index contributed by atoms with van der Waals surface area (Å²) in [5.41, 5.74) is 5.71. The number of hydrogen-bond acceptors (Lipinski definition) is 7. The van der Waals surface area contributed by atoms with Crippen LogP contribution >= 0.6 is 0 Å². The van der Waals surface area contributed by atoms with Crippen LogP contribution in [0.15, 0.2) is 109 Å². The lowest BCUT2D eigenvalue weighted by Crippen LogP contribution is -2.12. The van der Waals surface area contributed by atoms with Gasteiger partial charge >= 0.3 is 0 Å². The van der Waals surface area contributed by atoms with Crippen molar-refractivity contribution in [1.82, 2.24) is 15.0 Å². The highest BCUT2D eigenvalue weighted by Gasteiger charge is 2.14. The number of benzene rings is 2. The molecule has 0 aliphatic carbocycles. The Kier molecular flexibility index (Phi) is 9.83. The van der Waals surface area contributed by atoms with Crippen LogP contribution in [0.5, 0.6) is 5.88 Å². The molecular weight excluding hydrogens is 574 g/mol. The number of aromatic nitrogens is 3. The van der Waals surface area contributed by atoms with Crippen LogP contribution < -0.4 is 14.8 Å². The molecule has 0 saturated carbocycles. The van der Waals surface area contributed by atoms with Crippen molar-refractivity contribution in [2.75, 3.05) is 17.1 Å². The standard InChI is InChI=1S/C34H31N5O4S/c1-3-5-27(40)6-4-7-33(41)38-26-9-11-28(12-10-26)44(42)39-32-21-25(22-37-34(32)43-2)24-8-13-31-30(20-24)29(16-19-36-31)23-14-17-35-18-15-23/h3,5,8-22,39H,4,6-7H2,1-2H3,(H,38,41)/b5-3+. The molecule has 2 aromatic carbocycles. The first-order valence-electron chi connectivity index (χ1n) is 14.0. The van der Waals surface area contributed by atoms with Crippen molar-refractivity contribution in [3.63, 3.8) is 0 Å². The predicted octanol–water partition coefficient (Wildman–Crippen LogP) is 6.76. The zero-order valence-corrected chi connectivity index (χ0v) is 25.1. The largest absolute Gasteiger partial charge is 0.480 e. The molecule has 5 aromatic rings. The van der Waals surface area contributed by atoms with Gasteiger partial charge in [0, 0.05) is 54.3 Å². The van der Waals surface area contributed by atoms with Gasteiger partial charge in [-0.3, -0.25) is 24.3 Å². The number of nitrogens with zero attached hydrogens (tertiary/aromatic N) is 3. The van der Waals surface area contributed by atoms with E-state index in [-0.39, 0.29) is 18.1 Å². The third-order valence-electron chi connectivity index (χ3n) is 6.85. The number of nitrogens with one attached hydrogen (secondary N) is 2. The lowest BCUT2D eigenvalue weighted by molar-refractivity contribution is -0.116. The summed E-state index contributed by atoms with van der Waals surface area (Å²) in [7, 11) is -0.131. The predicted molar refractivity (Wildman–Crippen MR) is 174 cm³/mol. The Morgan fingerprint density at radius 1 is 0.886 bits per heavy atom. The van der Waals surface area contributed by atoms with Gasteiger partial charge in [0.15, 0.2) is 5.78 Å². The highest BCUT2D eigenvalue weighted by molar-refractivity contribution is 7.86. The van der Waals surface area contributed by atoms with Gasteiger partial charge in [0.2, 0.25) is 11.8 Å². The van der Waals surface area contributed by atoms with Crippen LogP contribution in [0.4, 0.5) is 11.4 Å². The van der Waals surface area contributed by atoms with Gasteiger partial charge < -0.3 is 10.1 Å². The lowest BCUT2D eigenvalue weighted by Gasteiger charge is -2.13. The minimum Gasteiger partial charge on any atom is -0.480 e. The average molecular weight is 606 g/mol. The van der Waals surface area contributed by atoms with Gasteiger partial charge in [0.1, 0.15) is 16.7 Å². The van der Waals surface area contributed by atoms with Crippen LogP contribution in [-0.4, -0.2) is 38.0 Å². The zero-order chi connectivity index (χ0) is 30.9. The van der Waals surface area contributed by atoms with Crippen molar-refractivity contribution in [3.8, 4) is 28.1 Å². The van der Waals surface area contributed by atoms with Crippen molar-refractivity contribution < 1.29 is 18.5 Å². The summed E-state index contributed by atoms with van der Waals surface area (Å²) in [6, 6.07) is 20.5. The Labute approximate surface area is 258 Å². The van der Waals surface area contributed by atoms with Crippen molar-refractivity contribution in [3.05, 3.63) is 104 Å². The number of ether oxygens (including phenoxy) is 1. The summed E-state index contributed by atoms with van der Waals surface area (Å²) in [4.78, 5) is 37.5. The van der Waals surface area contributed by atoms with E-state index in [9.17, 15) is 13.8 Å². The topological polar surface area (TPSA) is 123 Å². The molecule has 0 aliphatic rings. The number of allylic oxidation sites excluding steroid dienone is 2. The molecule has 10 heteroatoms. The minimum atomic E-state index is -1.64. The molecule has 44 heavy (non-hydrogen) atoms. The molecule has 3 aromatic heterocycles. The van der Waals surface area contributed by atoms with E-state index in [0.29, 0.717) is 35.0 Å². The van der Waals surface area contributed by atoms with E-state index < -0.39 is 11.0 Å². The second-order valence-electron chi connectivity index (χ2n) is 9.87. The molecule has 1 unspecified atom stereocenters. The van der Waals surface area contributed by atoms with E-state index in [4.69, 9.17) is 4.74 Å². The van der Waals surface area contributed by atoms with Crippen LogP contribution in [0.2, 0.25) is 0 Å². The Morgan fingerprint density at radius 2 is 1.68 bits per heavy atom. The maximum Gasteiger partial charge on any atom is 0.238 e. The van der Waals surface area contributed by atoms with Crippen LogP contribution in [0.3, 0.4) is 0 Å². The highest BCUT2D eigenvalue weighted by Crippen LogP contribution is 2.33. The molecule has 2 N–H and O–H groups in total. The monoisotopic (exact) mass is 605 g/mol. The summed E-state index contributed by atoms with van der Waals surface area (Å²) in [5, 5.41) is 3.79. The van der Waals surface area contributed by atoms with E-state index in [1.165, 1.54) is 13.2 Å². The van der Waals surface area contributed by atoms with Gasteiger partial charge in [-0.2, -0.15) is 0 Å². The fourth-order valence-electron chi connectivity index (χ4n) is 4.69. The second kappa shape index (κ2) is 14.3. The van der Waals surface area contributed by atoms with Crippen molar-refractivity contribution in [1.29, 1.82) is 0 Å². The SMILES string of the molecule is C/C=C/C(=O)CCCC(=O)Nc1ccc(S(=O)Nc2cc(-c3ccc4nccc(-c5ccncc5)c4c3)cnc2OC)cc1. The molecule has 5 rings (SSSR count). The Balaban J connectivity index is 1.31. The van der Waals surface area contributed by atoms with E-state index >= 15 is 0 Å². The first-order chi connectivity index (χ1) is 21.4. The van der Waals surface area contributed by atoms with Gasteiger partial charge in [-0.25, -0.2) is 9.19 Å². The molecule has 222 valence electrons. The average Bonchev–Trinajstić information content (AvgIpc) is 3.05. The summed E-state index contributed by atoms with van der Waals surface area (Å²) in [6.45, 7) is 1.78. The summed E-state index contributed by atoms with van der Waals surface area (Å²) >= 11 is 0. The molecule has 0 fully saturated rings. The summed E-state index contributed by atoms with van der Waals surface area (Å²) in [5.74, 6) is 0.121. The summed E-state index contributed by atoms with van der Waals surface area (Å²) < 4.78 is 21.7. The molecule has 0 saturated heterocycles. The summed E-state index contributed by atoms with van der Waals surface area (Å²) in [6.07, 6.45) is 11.3. The second-order valence-corrected chi connectivity index (χ2v) is 11.1. The number of fused-ring (bicyclic) bond motifs is 1. The third kappa shape index (κ3) is 7.40. The molecule has 0 bridgehead atoms. The van der Waals surface area contributed by atoms with E-state index in [1.807, 2.05) is 36.4 Å². The van der Waals surface area contributed by atoms with Crippen molar-refractivity contribution in [2.45, 2.75) is 31.1 Å². The fraction of sp³-hybridized carbons (Fsp3) is 0.147. The van der Waals surface area contributed by atoms with Gasteiger partial charge in [-0.1, -0.05) is 12.1 Å². The molecular formula is C34H31N5O4S. The van der Waals surface area contributed by atoms with Gasteiger partial charge in [-0.15, -0.1) is 0 Å². The van der Waals surface area contributed by atoms with E-state index in [2.05, 4.69) is 31.1 Å². The molecule has 1 amide bonds. The number of ketones is 1. The number of rotatable bonds is 12. The quantitative estimate of drug-likeness (QED) is 0.151. The van der Waals surface area contributed by atoms with Crippen LogP contribution in [0.1, 0.15) is 26.2 Å². The Morgan fingerprint density at radius 3 is 2.43 bits per heavy atom. The number of hydrogen-bond donors (Lipinski definition) is 2. The first kappa shape index (κ1) is 30.2. The smallest absolute Gasteiger partial charge is 0.238 e. The Bertz CT molecular complexity index is 1840. The van der Waals surface area contributed by atoms with Crippen LogP contribution in [0.25, 0.3) is 33.2 Å². The van der Waals surface area contributed by atoms with Crippen LogP contribution in [-0.2, 0) is 20.6 Å². The third-order valence-corrected chi connectivity index (χ3v) is 7.95. The normalized spacial score (nSPS) is 11.8. The maximum atomic E-state index is 13.3. The first-order valence-corrected chi connectivity index (χ1v) is 15.2. The highest BCUT2D eigenvalue weighted by atomic mass is 32.2.